The molecule has 0 unspecified atom stereocenters. The molecule has 0 spiro atoms. The lowest BCUT2D eigenvalue weighted by Crippen LogP contribution is -2.36. The maximum Gasteiger partial charge on any atom is 0.152 e. The third-order valence-corrected chi connectivity index (χ3v) is 3.84. The summed E-state index contributed by atoms with van der Waals surface area (Å²) in [4.78, 5) is 12.2. The van der Waals surface area contributed by atoms with E-state index in [-0.39, 0.29) is 12.0 Å². The van der Waals surface area contributed by atoms with Crippen molar-refractivity contribution < 1.29 is 4.79 Å². The second-order valence-electron chi connectivity index (χ2n) is 5.34. The zero-order chi connectivity index (χ0) is 12.5. The Balaban J connectivity index is 2.32. The second kappa shape index (κ2) is 8.65. The molecule has 4 N–H and O–H groups in total. The standard InChI is InChI=1S/C14H28N2O/c15-11-7-6-10-13(16)14(17)12-8-4-2-1-3-5-9-12/h12-13H,1-11,15-16H2/t13-/m0/s1. The van der Waals surface area contributed by atoms with Crippen molar-refractivity contribution in [1.82, 2.24) is 0 Å². The highest BCUT2D eigenvalue weighted by Gasteiger charge is 2.23. The first-order chi connectivity index (χ1) is 8.25. The Morgan fingerprint density at radius 2 is 1.65 bits per heavy atom. The maximum atomic E-state index is 12.2. The first-order valence-electron chi connectivity index (χ1n) is 7.25. The van der Waals surface area contributed by atoms with Crippen LogP contribution in [-0.2, 0) is 4.79 Å². The number of carbonyl (C=O) groups is 1. The van der Waals surface area contributed by atoms with Gasteiger partial charge in [0.2, 0.25) is 0 Å². The Hall–Kier alpha value is -0.410. The lowest BCUT2D eigenvalue weighted by Gasteiger charge is -2.21. The highest BCUT2D eigenvalue weighted by molar-refractivity contribution is 5.86. The zero-order valence-corrected chi connectivity index (χ0v) is 11.0. The van der Waals surface area contributed by atoms with Crippen molar-refractivity contribution in [2.75, 3.05) is 6.54 Å². The highest BCUT2D eigenvalue weighted by Crippen LogP contribution is 2.24. The van der Waals surface area contributed by atoms with Gasteiger partial charge in [-0.25, -0.2) is 0 Å². The van der Waals surface area contributed by atoms with Crippen LogP contribution in [0.1, 0.15) is 64.2 Å². The van der Waals surface area contributed by atoms with E-state index < -0.39 is 0 Å². The van der Waals surface area contributed by atoms with Gasteiger partial charge in [-0.3, -0.25) is 4.79 Å². The van der Waals surface area contributed by atoms with E-state index in [2.05, 4.69) is 0 Å². The number of rotatable bonds is 6. The number of carbonyl (C=O) groups excluding carboxylic acids is 1. The van der Waals surface area contributed by atoms with E-state index in [9.17, 15) is 4.79 Å². The van der Waals surface area contributed by atoms with Crippen LogP contribution in [0.4, 0.5) is 0 Å². The molecule has 1 rings (SSSR count). The summed E-state index contributed by atoms with van der Waals surface area (Å²) in [6.45, 7) is 0.699. The van der Waals surface area contributed by atoms with Crippen LogP contribution in [0.3, 0.4) is 0 Å². The van der Waals surface area contributed by atoms with Gasteiger partial charge in [-0.15, -0.1) is 0 Å². The molecule has 0 aromatic heterocycles. The zero-order valence-electron chi connectivity index (χ0n) is 11.0. The predicted molar refractivity (Wildman–Crippen MR) is 71.7 cm³/mol. The molecule has 17 heavy (non-hydrogen) atoms. The minimum absolute atomic E-state index is 0.239. The molecule has 0 heterocycles. The van der Waals surface area contributed by atoms with E-state index >= 15 is 0 Å². The van der Waals surface area contributed by atoms with Gasteiger partial charge in [0.05, 0.1) is 6.04 Å². The Morgan fingerprint density at radius 3 is 2.24 bits per heavy atom. The van der Waals surface area contributed by atoms with E-state index in [0.29, 0.717) is 12.3 Å². The van der Waals surface area contributed by atoms with Gasteiger partial charge in [0.15, 0.2) is 5.78 Å². The number of unbranched alkanes of at least 4 members (excludes halogenated alkanes) is 1. The van der Waals surface area contributed by atoms with Crippen molar-refractivity contribution in [3.05, 3.63) is 0 Å². The predicted octanol–water partition coefficient (Wildman–Crippen LogP) is 2.37. The van der Waals surface area contributed by atoms with Crippen molar-refractivity contribution in [2.24, 2.45) is 17.4 Å². The van der Waals surface area contributed by atoms with Gasteiger partial charge in [-0.1, -0.05) is 38.5 Å². The molecule has 3 heteroatoms. The van der Waals surface area contributed by atoms with E-state index in [0.717, 1.165) is 32.1 Å². The fourth-order valence-corrected chi connectivity index (χ4v) is 2.69. The Kier molecular flexibility index (Phi) is 7.45. The van der Waals surface area contributed by atoms with Crippen molar-refractivity contribution in [2.45, 2.75) is 70.3 Å². The van der Waals surface area contributed by atoms with E-state index in [4.69, 9.17) is 11.5 Å². The van der Waals surface area contributed by atoms with Crippen molar-refractivity contribution >= 4 is 5.78 Å². The molecule has 1 saturated carbocycles. The number of Topliss-reactive ketones (excluding diaryl/α,β-unsaturated/α-hetero) is 1. The van der Waals surface area contributed by atoms with Gasteiger partial charge in [-0.2, -0.15) is 0 Å². The van der Waals surface area contributed by atoms with Crippen LogP contribution < -0.4 is 11.5 Å². The quantitative estimate of drug-likeness (QED) is 0.700. The van der Waals surface area contributed by atoms with Gasteiger partial charge < -0.3 is 11.5 Å². The molecule has 3 nitrogen and oxygen atoms in total. The van der Waals surface area contributed by atoms with Crippen LogP contribution in [0.2, 0.25) is 0 Å². The molecule has 1 atom stereocenters. The minimum atomic E-state index is -0.244. The maximum absolute atomic E-state index is 12.2. The molecule has 0 amide bonds. The summed E-state index contributed by atoms with van der Waals surface area (Å²) in [5.41, 5.74) is 11.4. The molecule has 0 aliphatic heterocycles. The second-order valence-corrected chi connectivity index (χ2v) is 5.34. The molecule has 1 aliphatic rings. The van der Waals surface area contributed by atoms with E-state index in [1.54, 1.807) is 0 Å². The average molecular weight is 240 g/mol. The molecule has 0 bridgehead atoms. The fraction of sp³-hybridized carbons (Fsp3) is 0.929. The van der Waals surface area contributed by atoms with Gasteiger partial charge in [0.1, 0.15) is 0 Å². The normalized spacial score (nSPS) is 20.6. The third kappa shape index (κ3) is 5.64. The van der Waals surface area contributed by atoms with Gasteiger partial charge in [0.25, 0.3) is 0 Å². The van der Waals surface area contributed by atoms with Crippen LogP contribution in [-0.4, -0.2) is 18.4 Å². The molecule has 0 radical (unpaired) electrons. The monoisotopic (exact) mass is 240 g/mol. The van der Waals surface area contributed by atoms with Crippen molar-refractivity contribution in [1.29, 1.82) is 0 Å². The SMILES string of the molecule is NCCCC[C@H](N)C(=O)C1CCCCCCC1. The molecule has 0 saturated heterocycles. The van der Waals surface area contributed by atoms with E-state index in [1.807, 2.05) is 0 Å². The smallest absolute Gasteiger partial charge is 0.152 e. The van der Waals surface area contributed by atoms with Crippen LogP contribution in [0, 0.1) is 5.92 Å². The van der Waals surface area contributed by atoms with Crippen LogP contribution >= 0.6 is 0 Å². The number of nitrogens with two attached hydrogens (primary N) is 2. The number of hydrogen-bond donors (Lipinski definition) is 2. The first-order valence-corrected chi connectivity index (χ1v) is 7.25. The Bertz CT molecular complexity index is 210. The van der Waals surface area contributed by atoms with Gasteiger partial charge in [-0.05, 0) is 32.2 Å². The summed E-state index contributed by atoms with van der Waals surface area (Å²) >= 11 is 0. The molecule has 1 fully saturated rings. The van der Waals surface area contributed by atoms with Gasteiger partial charge in [0, 0.05) is 5.92 Å². The molecule has 0 aromatic rings. The van der Waals surface area contributed by atoms with Crippen molar-refractivity contribution in [3.8, 4) is 0 Å². The van der Waals surface area contributed by atoms with Gasteiger partial charge >= 0.3 is 0 Å². The van der Waals surface area contributed by atoms with E-state index in [1.165, 1.54) is 32.1 Å². The van der Waals surface area contributed by atoms with Crippen LogP contribution in [0.25, 0.3) is 0 Å². The molecular formula is C14H28N2O. The topological polar surface area (TPSA) is 69.1 Å². The van der Waals surface area contributed by atoms with Crippen LogP contribution in [0.5, 0.6) is 0 Å². The lowest BCUT2D eigenvalue weighted by molar-refractivity contribution is -0.124. The lowest BCUT2D eigenvalue weighted by atomic mass is 9.85. The highest BCUT2D eigenvalue weighted by atomic mass is 16.1. The number of hydrogen-bond acceptors (Lipinski definition) is 3. The Morgan fingerprint density at radius 1 is 1.06 bits per heavy atom. The molecule has 100 valence electrons. The Labute approximate surface area is 105 Å². The number of ketones is 1. The summed E-state index contributed by atoms with van der Waals surface area (Å²) in [6, 6.07) is -0.244. The summed E-state index contributed by atoms with van der Waals surface area (Å²) in [6.07, 6.45) is 11.2. The summed E-state index contributed by atoms with van der Waals surface area (Å²) < 4.78 is 0. The summed E-state index contributed by atoms with van der Waals surface area (Å²) in [5, 5.41) is 0. The van der Waals surface area contributed by atoms with Crippen molar-refractivity contribution in [3.63, 3.8) is 0 Å². The summed E-state index contributed by atoms with van der Waals surface area (Å²) in [5.74, 6) is 0.548. The van der Waals surface area contributed by atoms with Crippen LogP contribution in [0.15, 0.2) is 0 Å². The molecule has 1 aliphatic carbocycles. The largest absolute Gasteiger partial charge is 0.330 e. The summed E-state index contributed by atoms with van der Waals surface area (Å²) in [7, 11) is 0. The molecular weight excluding hydrogens is 212 g/mol. The fourth-order valence-electron chi connectivity index (χ4n) is 2.69. The minimum Gasteiger partial charge on any atom is -0.330 e. The first kappa shape index (κ1) is 14.7. The third-order valence-electron chi connectivity index (χ3n) is 3.84. The average Bonchev–Trinajstić information content (AvgIpc) is 2.28. The molecule has 0 aromatic carbocycles.